The molecule has 1 fully saturated rings. The number of ether oxygens (including phenoxy) is 1. The molecule has 5 heteroatoms. The lowest BCUT2D eigenvalue weighted by Gasteiger charge is -2.39. The molecule has 5 rings (SSSR count). The van der Waals surface area contributed by atoms with E-state index in [9.17, 15) is 9.90 Å². The van der Waals surface area contributed by atoms with Crippen LogP contribution < -0.4 is 0 Å². The number of likely N-dealkylation sites (N-methyl/N-ethyl adjacent to an activating group) is 1. The predicted octanol–water partition coefficient (Wildman–Crippen LogP) is 3.94. The second-order valence-corrected chi connectivity index (χ2v) is 9.61. The maximum absolute atomic E-state index is 13.0. The van der Waals surface area contributed by atoms with Crippen molar-refractivity contribution >= 4 is 22.4 Å². The summed E-state index contributed by atoms with van der Waals surface area (Å²) in [7, 11) is 2.12. The molecule has 1 aromatic carbocycles. The Kier molecular flexibility index (Phi) is 4.98. The maximum atomic E-state index is 13.0. The zero-order chi connectivity index (χ0) is 21.0. The van der Waals surface area contributed by atoms with Gasteiger partial charge in [0.2, 0.25) is 0 Å². The van der Waals surface area contributed by atoms with E-state index >= 15 is 0 Å². The molecule has 0 unspecified atom stereocenters. The van der Waals surface area contributed by atoms with Gasteiger partial charge in [-0.05, 0) is 75.8 Å². The lowest BCUT2D eigenvalue weighted by molar-refractivity contribution is -0.155. The van der Waals surface area contributed by atoms with Crippen LogP contribution in [0.5, 0.6) is 0 Å². The molecule has 2 aromatic rings. The number of fused-ring (bicyclic) bond motifs is 2. The van der Waals surface area contributed by atoms with Crippen molar-refractivity contribution in [2.75, 3.05) is 13.6 Å². The Morgan fingerprint density at radius 3 is 2.70 bits per heavy atom. The molecule has 2 aliphatic carbocycles. The van der Waals surface area contributed by atoms with Crippen LogP contribution in [0.4, 0.5) is 0 Å². The maximum Gasteiger partial charge on any atom is 0.314 e. The summed E-state index contributed by atoms with van der Waals surface area (Å²) in [5.41, 5.74) is 5.22. The summed E-state index contributed by atoms with van der Waals surface area (Å²) in [5.74, 6) is -0.357. The first kappa shape index (κ1) is 19.8. The highest BCUT2D eigenvalue weighted by molar-refractivity contribution is 5.99. The summed E-state index contributed by atoms with van der Waals surface area (Å²) in [6, 6.07) is 7.27. The number of esters is 1. The van der Waals surface area contributed by atoms with Gasteiger partial charge in [0.25, 0.3) is 0 Å². The highest BCUT2D eigenvalue weighted by atomic mass is 16.5. The molecule has 2 atom stereocenters. The summed E-state index contributed by atoms with van der Waals surface area (Å²) in [5, 5.41) is 11.0. The van der Waals surface area contributed by atoms with E-state index in [1.807, 2.05) is 0 Å². The molecule has 0 spiro atoms. The van der Waals surface area contributed by atoms with Gasteiger partial charge < -0.3 is 14.4 Å². The molecule has 1 N–H and O–H groups in total. The van der Waals surface area contributed by atoms with Crippen LogP contribution in [-0.2, 0) is 16.0 Å². The largest absolute Gasteiger partial charge is 0.462 e. The molecule has 1 aromatic heterocycles. The number of hydrogen-bond donors (Lipinski definition) is 1. The van der Waals surface area contributed by atoms with Gasteiger partial charge in [-0.15, -0.1) is 0 Å². The molecule has 2 heterocycles. The van der Waals surface area contributed by atoms with Crippen molar-refractivity contribution in [3.05, 3.63) is 41.6 Å². The molecule has 30 heavy (non-hydrogen) atoms. The minimum absolute atomic E-state index is 0.0520. The number of aliphatic hydroxyl groups is 1. The Hall–Kier alpha value is -2.11. The SMILES string of the molecule is CC(C)n1cc2c3c(cccc31)C1=C[C@@H](C(=O)O[C@H]3CC[C@@H](O)CC3)CN(C)[C@@H]1C2. The van der Waals surface area contributed by atoms with Crippen molar-refractivity contribution in [1.29, 1.82) is 0 Å². The van der Waals surface area contributed by atoms with Gasteiger partial charge in [0, 0.05) is 35.7 Å². The van der Waals surface area contributed by atoms with Gasteiger partial charge in [-0.1, -0.05) is 18.2 Å². The molecule has 1 aliphatic heterocycles. The third kappa shape index (κ3) is 3.28. The van der Waals surface area contributed by atoms with Crippen LogP contribution in [0.3, 0.4) is 0 Å². The Bertz CT molecular complexity index is 997. The van der Waals surface area contributed by atoms with Crippen molar-refractivity contribution in [2.24, 2.45) is 5.92 Å². The molecule has 0 amide bonds. The number of rotatable bonds is 3. The van der Waals surface area contributed by atoms with Crippen LogP contribution in [-0.4, -0.2) is 52.4 Å². The van der Waals surface area contributed by atoms with Crippen LogP contribution in [0.25, 0.3) is 16.5 Å². The van der Waals surface area contributed by atoms with Gasteiger partial charge in [-0.2, -0.15) is 0 Å². The highest BCUT2D eigenvalue weighted by Crippen LogP contribution is 2.42. The minimum Gasteiger partial charge on any atom is -0.462 e. The molecule has 0 bridgehead atoms. The first-order valence-electron chi connectivity index (χ1n) is 11.4. The monoisotopic (exact) mass is 408 g/mol. The normalized spacial score (nSPS) is 29.0. The third-order valence-corrected chi connectivity index (χ3v) is 7.20. The van der Waals surface area contributed by atoms with Crippen LogP contribution >= 0.6 is 0 Å². The minimum atomic E-state index is -0.239. The Balaban J connectivity index is 1.47. The van der Waals surface area contributed by atoms with E-state index in [1.54, 1.807) is 0 Å². The van der Waals surface area contributed by atoms with E-state index in [0.29, 0.717) is 18.6 Å². The second-order valence-electron chi connectivity index (χ2n) is 9.61. The zero-order valence-corrected chi connectivity index (χ0v) is 18.2. The summed E-state index contributed by atoms with van der Waals surface area (Å²) >= 11 is 0. The first-order valence-corrected chi connectivity index (χ1v) is 11.4. The quantitative estimate of drug-likeness (QED) is 0.782. The van der Waals surface area contributed by atoms with Gasteiger partial charge in [-0.3, -0.25) is 9.69 Å². The fraction of sp³-hybridized carbons (Fsp3) is 0.560. The van der Waals surface area contributed by atoms with Gasteiger partial charge in [0.15, 0.2) is 0 Å². The van der Waals surface area contributed by atoms with Crippen LogP contribution in [0.2, 0.25) is 0 Å². The summed E-state index contributed by atoms with van der Waals surface area (Å²) < 4.78 is 8.23. The van der Waals surface area contributed by atoms with Crippen molar-refractivity contribution in [3.63, 3.8) is 0 Å². The number of nitrogens with zero attached hydrogens (tertiary/aromatic N) is 2. The van der Waals surface area contributed by atoms with Gasteiger partial charge in [0.1, 0.15) is 6.10 Å². The predicted molar refractivity (Wildman–Crippen MR) is 118 cm³/mol. The summed E-state index contributed by atoms with van der Waals surface area (Å²) in [6.07, 6.45) is 8.17. The van der Waals surface area contributed by atoms with Crippen molar-refractivity contribution in [2.45, 2.75) is 70.2 Å². The fourth-order valence-corrected chi connectivity index (χ4v) is 5.57. The lowest BCUT2D eigenvalue weighted by Crippen LogP contribution is -2.45. The number of aliphatic hydroxyl groups excluding tert-OH is 1. The Labute approximate surface area is 178 Å². The molecule has 160 valence electrons. The van der Waals surface area contributed by atoms with E-state index < -0.39 is 0 Å². The van der Waals surface area contributed by atoms with Crippen molar-refractivity contribution in [3.8, 4) is 0 Å². The third-order valence-electron chi connectivity index (χ3n) is 7.20. The number of hydrogen-bond acceptors (Lipinski definition) is 4. The number of aromatic nitrogens is 1. The van der Waals surface area contributed by atoms with E-state index in [0.717, 1.165) is 32.1 Å². The summed E-state index contributed by atoms with van der Waals surface area (Å²) in [4.78, 5) is 15.3. The average Bonchev–Trinajstić information content (AvgIpc) is 3.10. The highest BCUT2D eigenvalue weighted by Gasteiger charge is 2.37. The molecule has 1 saturated carbocycles. The number of benzene rings is 1. The van der Waals surface area contributed by atoms with E-state index in [2.05, 4.69) is 60.8 Å². The van der Waals surface area contributed by atoms with E-state index in [-0.39, 0.29) is 24.1 Å². The Morgan fingerprint density at radius 2 is 1.97 bits per heavy atom. The van der Waals surface area contributed by atoms with Gasteiger partial charge in [0.05, 0.1) is 12.0 Å². The first-order chi connectivity index (χ1) is 14.4. The number of carbonyl (C=O) groups excluding carboxylic acids is 1. The van der Waals surface area contributed by atoms with Crippen molar-refractivity contribution < 1.29 is 14.6 Å². The smallest absolute Gasteiger partial charge is 0.314 e. The fourth-order valence-electron chi connectivity index (χ4n) is 5.57. The second kappa shape index (κ2) is 7.54. The van der Waals surface area contributed by atoms with Gasteiger partial charge in [-0.25, -0.2) is 0 Å². The lowest BCUT2D eigenvalue weighted by atomic mass is 9.80. The van der Waals surface area contributed by atoms with E-state index in [1.165, 1.54) is 27.6 Å². The number of carbonyl (C=O) groups is 1. The molecule has 0 radical (unpaired) electrons. The van der Waals surface area contributed by atoms with Crippen molar-refractivity contribution in [1.82, 2.24) is 9.47 Å². The molecule has 5 nitrogen and oxygen atoms in total. The standard InChI is InChI=1S/C25H32N2O3/c1-15(2)27-14-16-12-23-21(20-5-4-6-22(27)24(16)20)11-17(13-26(23)3)25(29)30-19-9-7-18(28)8-10-19/h4-6,11,14-15,17-19,23,28H,7-10,12-13H2,1-3H3/t17-,18-,19+,23-/m1/s1. The van der Waals surface area contributed by atoms with Crippen LogP contribution in [0, 0.1) is 5.92 Å². The average molecular weight is 409 g/mol. The molecular formula is C25H32N2O3. The van der Waals surface area contributed by atoms with Gasteiger partial charge >= 0.3 is 5.97 Å². The molecule has 3 aliphatic rings. The Morgan fingerprint density at radius 1 is 1.20 bits per heavy atom. The zero-order valence-electron chi connectivity index (χ0n) is 18.2. The van der Waals surface area contributed by atoms with Crippen LogP contribution in [0.15, 0.2) is 30.5 Å². The van der Waals surface area contributed by atoms with E-state index in [4.69, 9.17) is 4.74 Å². The molecular weight excluding hydrogens is 376 g/mol. The molecule has 0 saturated heterocycles. The topological polar surface area (TPSA) is 54.7 Å². The summed E-state index contributed by atoms with van der Waals surface area (Å²) in [6.45, 7) is 5.14. The van der Waals surface area contributed by atoms with Crippen LogP contribution in [0.1, 0.15) is 56.7 Å².